The maximum absolute atomic E-state index is 14.1. The molecule has 9 heteroatoms. The summed E-state index contributed by atoms with van der Waals surface area (Å²) < 4.78 is 32.6. The molecule has 2 heterocycles. The highest BCUT2D eigenvalue weighted by molar-refractivity contribution is 5.36. The van der Waals surface area contributed by atoms with Crippen LogP contribution < -0.4 is 11.4 Å². The Kier molecular flexibility index (Phi) is 4.12. The largest absolute Gasteiger partial charge is 0.393 e. The number of nitrogens with zero attached hydrogens (tertiary/aromatic N) is 2. The summed E-state index contributed by atoms with van der Waals surface area (Å²) in [5.74, 6) is -0.179. The van der Waals surface area contributed by atoms with Crippen LogP contribution in [0.15, 0.2) is 22.9 Å². The van der Waals surface area contributed by atoms with Crippen molar-refractivity contribution >= 4 is 5.82 Å². The fraction of sp³-hybridized carbons (Fsp3) is 0.455. The first kappa shape index (κ1) is 14.6. The van der Waals surface area contributed by atoms with Gasteiger partial charge in [-0.15, -0.1) is 0 Å². The lowest BCUT2D eigenvalue weighted by atomic mass is 10.1. The van der Waals surface area contributed by atoms with Crippen molar-refractivity contribution in [3.8, 4) is 0 Å². The van der Waals surface area contributed by atoms with E-state index >= 15 is 0 Å². The molecule has 0 amide bonds. The molecule has 0 spiro atoms. The van der Waals surface area contributed by atoms with Crippen LogP contribution in [0.1, 0.15) is 11.8 Å². The maximum atomic E-state index is 14.1. The van der Waals surface area contributed by atoms with Gasteiger partial charge in [-0.1, -0.05) is 0 Å². The molecule has 1 aromatic heterocycles. The Morgan fingerprint density at radius 1 is 1.55 bits per heavy atom. The van der Waals surface area contributed by atoms with Gasteiger partial charge in [-0.2, -0.15) is 4.98 Å². The van der Waals surface area contributed by atoms with Crippen molar-refractivity contribution in [1.82, 2.24) is 9.55 Å². The second-order valence-electron chi connectivity index (χ2n) is 4.21. The van der Waals surface area contributed by atoms with Crippen LogP contribution in [-0.4, -0.2) is 38.6 Å². The molecule has 3 atom stereocenters. The van der Waals surface area contributed by atoms with E-state index in [1.54, 1.807) is 0 Å². The van der Waals surface area contributed by atoms with Crippen LogP contribution in [0.25, 0.3) is 0 Å². The monoisotopic (exact) mass is 289 g/mol. The van der Waals surface area contributed by atoms with Crippen LogP contribution in [0.2, 0.25) is 0 Å². The molecule has 0 aromatic carbocycles. The molecule has 110 valence electrons. The number of aliphatic hydroxyl groups excluding tert-OH is 2. The van der Waals surface area contributed by atoms with Crippen molar-refractivity contribution in [2.75, 3.05) is 12.3 Å². The van der Waals surface area contributed by atoms with Gasteiger partial charge in [0.2, 0.25) is 0 Å². The maximum Gasteiger partial charge on any atom is 0.351 e. The minimum atomic E-state index is -1.95. The van der Waals surface area contributed by atoms with Gasteiger partial charge in [-0.05, 0) is 0 Å². The number of ether oxygens (including phenoxy) is 1. The normalized spacial score (nSPS) is 28.2. The minimum Gasteiger partial charge on any atom is -0.393 e. The van der Waals surface area contributed by atoms with Gasteiger partial charge in [0.1, 0.15) is 11.9 Å². The van der Waals surface area contributed by atoms with Crippen LogP contribution in [0.3, 0.4) is 0 Å². The van der Waals surface area contributed by atoms with Gasteiger partial charge in [0.15, 0.2) is 12.4 Å². The zero-order chi connectivity index (χ0) is 14.9. The van der Waals surface area contributed by atoms with Gasteiger partial charge < -0.3 is 20.7 Å². The number of hydrogen-bond acceptors (Lipinski definition) is 6. The highest BCUT2D eigenvalue weighted by Crippen LogP contribution is 2.35. The molecule has 4 N–H and O–H groups in total. The highest BCUT2D eigenvalue weighted by atomic mass is 19.1. The fourth-order valence-corrected chi connectivity index (χ4v) is 1.97. The molecule has 2 rings (SSSR count). The number of alkyl halides is 1. The smallest absolute Gasteiger partial charge is 0.351 e. The molecule has 1 fully saturated rings. The predicted octanol–water partition coefficient (Wildman–Crippen LogP) is -0.601. The van der Waals surface area contributed by atoms with E-state index in [9.17, 15) is 13.6 Å². The van der Waals surface area contributed by atoms with Crippen LogP contribution >= 0.6 is 0 Å². The van der Waals surface area contributed by atoms with E-state index in [1.807, 2.05) is 0 Å². The molecule has 0 aliphatic carbocycles. The molecule has 1 saturated heterocycles. The van der Waals surface area contributed by atoms with E-state index < -0.39 is 43.0 Å². The molecule has 20 heavy (non-hydrogen) atoms. The van der Waals surface area contributed by atoms with Gasteiger partial charge in [-0.3, -0.25) is 4.57 Å². The van der Waals surface area contributed by atoms with E-state index in [0.29, 0.717) is 0 Å². The first-order valence-corrected chi connectivity index (χ1v) is 5.72. The second kappa shape index (κ2) is 5.65. The zero-order valence-corrected chi connectivity index (χ0v) is 10.2. The molecule has 7 nitrogen and oxygen atoms in total. The van der Waals surface area contributed by atoms with E-state index in [2.05, 4.69) is 4.98 Å². The molecule has 1 aliphatic rings. The number of nitrogens with two attached hydrogens (primary N) is 1. The average Bonchev–Trinajstić information content (AvgIpc) is 2.75. The summed E-state index contributed by atoms with van der Waals surface area (Å²) >= 11 is 0. The Labute approximate surface area is 111 Å². The van der Waals surface area contributed by atoms with E-state index in [4.69, 9.17) is 20.7 Å². The molecule has 0 saturated carbocycles. The van der Waals surface area contributed by atoms with E-state index in [-0.39, 0.29) is 17.7 Å². The number of rotatable bonds is 3. The third kappa shape index (κ3) is 2.30. The van der Waals surface area contributed by atoms with Crippen molar-refractivity contribution < 1.29 is 23.7 Å². The Morgan fingerprint density at radius 2 is 2.25 bits per heavy atom. The minimum absolute atomic E-state index is 0.00821. The van der Waals surface area contributed by atoms with Gasteiger partial charge in [0.05, 0.1) is 19.5 Å². The Bertz CT molecular complexity index is 590. The second-order valence-corrected chi connectivity index (χ2v) is 4.21. The lowest BCUT2D eigenvalue weighted by Crippen LogP contribution is -2.32. The highest BCUT2D eigenvalue weighted by Gasteiger charge is 2.42. The first-order chi connectivity index (χ1) is 9.53. The topological polar surface area (TPSA) is 111 Å². The predicted molar refractivity (Wildman–Crippen MR) is 63.9 cm³/mol. The lowest BCUT2D eigenvalue weighted by Gasteiger charge is -2.16. The molecule has 1 aliphatic heterocycles. The van der Waals surface area contributed by atoms with Gasteiger partial charge in [0, 0.05) is 17.3 Å². The van der Waals surface area contributed by atoms with Gasteiger partial charge in [-0.25, -0.2) is 13.6 Å². The number of aliphatic hydroxyl groups is 2. The summed E-state index contributed by atoms with van der Waals surface area (Å²) in [5.41, 5.74) is 4.23. The van der Waals surface area contributed by atoms with Crippen LogP contribution in [0.5, 0.6) is 0 Å². The Morgan fingerprint density at radius 3 is 2.75 bits per heavy atom. The lowest BCUT2D eigenvalue weighted by molar-refractivity contribution is -0.0377. The quantitative estimate of drug-likeness (QED) is 0.685. The summed E-state index contributed by atoms with van der Waals surface area (Å²) in [6, 6.07) is 0. The molecule has 3 unspecified atom stereocenters. The SMILES string of the molecule is Nc1nc(=O)n(C2OC(CO)/C(=C/F)C2F)cc1CO. The van der Waals surface area contributed by atoms with Crippen molar-refractivity contribution in [2.45, 2.75) is 25.1 Å². The first-order valence-electron chi connectivity index (χ1n) is 5.72. The third-order valence-corrected chi connectivity index (χ3v) is 3.04. The number of aromatic nitrogens is 2. The van der Waals surface area contributed by atoms with Crippen molar-refractivity contribution in [3.63, 3.8) is 0 Å². The molecule has 0 radical (unpaired) electrons. The number of anilines is 1. The standard InChI is InChI=1S/C11H13F2N3O4/c12-1-6-7(4-18)20-10(8(6)13)16-2-5(3-17)9(14)15-11(16)19/h1-2,7-8,10,17-18H,3-4H2,(H2,14,15,19)/b6-1-. The van der Waals surface area contributed by atoms with Crippen LogP contribution in [0.4, 0.5) is 14.6 Å². The zero-order valence-electron chi connectivity index (χ0n) is 10.2. The van der Waals surface area contributed by atoms with Crippen molar-refractivity contribution in [3.05, 3.63) is 34.1 Å². The summed E-state index contributed by atoms with van der Waals surface area (Å²) in [5, 5.41) is 18.1. The number of halogens is 2. The molecular weight excluding hydrogens is 276 g/mol. The average molecular weight is 289 g/mol. The summed E-state index contributed by atoms with van der Waals surface area (Å²) in [4.78, 5) is 15.1. The fourth-order valence-electron chi connectivity index (χ4n) is 1.97. The third-order valence-electron chi connectivity index (χ3n) is 3.04. The summed E-state index contributed by atoms with van der Waals surface area (Å²) in [7, 11) is 0. The summed E-state index contributed by atoms with van der Waals surface area (Å²) in [6.45, 7) is -1.13. The molecule has 1 aromatic rings. The summed E-state index contributed by atoms with van der Waals surface area (Å²) in [6.07, 6.45) is -3.50. The Hall–Kier alpha value is -1.84. The van der Waals surface area contributed by atoms with Gasteiger partial charge >= 0.3 is 5.69 Å². The number of hydrogen-bond donors (Lipinski definition) is 3. The van der Waals surface area contributed by atoms with E-state index in [1.165, 1.54) is 0 Å². The van der Waals surface area contributed by atoms with Crippen LogP contribution in [0, 0.1) is 0 Å². The molecule has 0 bridgehead atoms. The van der Waals surface area contributed by atoms with Crippen LogP contribution in [-0.2, 0) is 11.3 Å². The van der Waals surface area contributed by atoms with E-state index in [0.717, 1.165) is 10.8 Å². The molecular formula is C11H13F2N3O4. The number of nitrogen functional groups attached to an aromatic ring is 1. The Balaban J connectivity index is 2.45. The van der Waals surface area contributed by atoms with Crippen molar-refractivity contribution in [2.24, 2.45) is 0 Å². The van der Waals surface area contributed by atoms with Crippen molar-refractivity contribution in [1.29, 1.82) is 0 Å². The van der Waals surface area contributed by atoms with Gasteiger partial charge in [0.25, 0.3) is 0 Å².